The van der Waals surface area contributed by atoms with Crippen molar-refractivity contribution in [2.24, 2.45) is 0 Å². The third-order valence-corrected chi connectivity index (χ3v) is 2.60. The van der Waals surface area contributed by atoms with Gasteiger partial charge in [0.2, 0.25) is 0 Å². The zero-order valence-corrected chi connectivity index (χ0v) is 10.5. The minimum atomic E-state index is -0.414. The minimum Gasteiger partial charge on any atom is -0.365 e. The average Bonchev–Trinajstić information content (AvgIpc) is 2.45. The van der Waals surface area contributed by atoms with Crippen LogP contribution in [0.1, 0.15) is 23.9 Å². The summed E-state index contributed by atoms with van der Waals surface area (Å²) >= 11 is 0. The van der Waals surface area contributed by atoms with Gasteiger partial charge in [-0.25, -0.2) is 4.98 Å². The number of aryl methyl sites for hydroxylation is 1. The molecule has 0 saturated heterocycles. The van der Waals surface area contributed by atoms with Crippen molar-refractivity contribution in [2.75, 3.05) is 5.32 Å². The van der Waals surface area contributed by atoms with Crippen LogP contribution in [0, 0.1) is 11.3 Å². The molecule has 2 rings (SSSR count). The Bertz CT molecular complexity index is 657. The quantitative estimate of drug-likeness (QED) is 0.856. The van der Waals surface area contributed by atoms with Crippen LogP contribution in [-0.4, -0.2) is 15.0 Å². The van der Waals surface area contributed by atoms with E-state index in [0.717, 1.165) is 5.56 Å². The SMILES string of the molecule is CCc1nc(NCc2cccnc2)c(C#N)c(=O)[nH]1. The maximum atomic E-state index is 11.7. The minimum absolute atomic E-state index is 0.00101. The molecule has 96 valence electrons. The number of nitrogens with one attached hydrogen (secondary N) is 2. The van der Waals surface area contributed by atoms with E-state index in [0.29, 0.717) is 24.6 Å². The normalized spacial score (nSPS) is 9.89. The number of rotatable bonds is 4. The van der Waals surface area contributed by atoms with E-state index in [1.165, 1.54) is 0 Å². The summed E-state index contributed by atoms with van der Waals surface area (Å²) in [4.78, 5) is 22.5. The molecule has 2 aromatic heterocycles. The van der Waals surface area contributed by atoms with Crippen LogP contribution in [0.3, 0.4) is 0 Å². The van der Waals surface area contributed by atoms with E-state index in [-0.39, 0.29) is 5.56 Å². The molecule has 0 aliphatic carbocycles. The van der Waals surface area contributed by atoms with Crippen molar-refractivity contribution in [3.8, 4) is 6.07 Å². The number of nitrogens with zero attached hydrogens (tertiary/aromatic N) is 3. The summed E-state index contributed by atoms with van der Waals surface area (Å²) in [5, 5.41) is 12.0. The van der Waals surface area contributed by atoms with Gasteiger partial charge in [-0.15, -0.1) is 0 Å². The highest BCUT2D eigenvalue weighted by Crippen LogP contribution is 2.09. The Kier molecular flexibility index (Phi) is 3.88. The fourth-order valence-corrected chi connectivity index (χ4v) is 1.61. The fourth-order valence-electron chi connectivity index (χ4n) is 1.61. The van der Waals surface area contributed by atoms with Crippen molar-refractivity contribution < 1.29 is 0 Å². The topological polar surface area (TPSA) is 94.5 Å². The number of aromatic amines is 1. The zero-order chi connectivity index (χ0) is 13.7. The summed E-state index contributed by atoms with van der Waals surface area (Å²) in [6, 6.07) is 5.59. The maximum absolute atomic E-state index is 11.7. The predicted octanol–water partition coefficient (Wildman–Crippen LogP) is 1.21. The maximum Gasteiger partial charge on any atom is 0.271 e. The van der Waals surface area contributed by atoms with E-state index in [1.54, 1.807) is 12.4 Å². The molecule has 2 heterocycles. The standard InChI is InChI=1S/C13H13N5O/c1-2-11-17-12(10(6-14)13(19)18-11)16-8-9-4-3-5-15-7-9/h3-5,7H,2,8H2,1H3,(H2,16,17,18,19). The van der Waals surface area contributed by atoms with Crippen molar-refractivity contribution in [3.05, 3.63) is 51.8 Å². The van der Waals surface area contributed by atoms with Crippen molar-refractivity contribution in [1.82, 2.24) is 15.0 Å². The van der Waals surface area contributed by atoms with Gasteiger partial charge in [-0.2, -0.15) is 5.26 Å². The second-order valence-corrected chi connectivity index (χ2v) is 3.92. The van der Waals surface area contributed by atoms with Gasteiger partial charge in [-0.3, -0.25) is 9.78 Å². The summed E-state index contributed by atoms with van der Waals surface area (Å²) in [6.45, 7) is 2.34. The van der Waals surface area contributed by atoms with E-state index in [1.807, 2.05) is 25.1 Å². The monoisotopic (exact) mass is 255 g/mol. The van der Waals surface area contributed by atoms with Crippen LogP contribution in [-0.2, 0) is 13.0 Å². The van der Waals surface area contributed by atoms with Gasteiger partial charge in [0, 0.05) is 25.4 Å². The molecular formula is C13H13N5O. The van der Waals surface area contributed by atoms with Crippen molar-refractivity contribution in [1.29, 1.82) is 5.26 Å². The molecule has 0 unspecified atom stereocenters. The van der Waals surface area contributed by atoms with Gasteiger partial charge in [0.15, 0.2) is 11.4 Å². The zero-order valence-electron chi connectivity index (χ0n) is 10.5. The van der Waals surface area contributed by atoms with Crippen molar-refractivity contribution in [2.45, 2.75) is 19.9 Å². The molecule has 0 radical (unpaired) electrons. The van der Waals surface area contributed by atoms with Crippen LogP contribution in [0.15, 0.2) is 29.3 Å². The highest BCUT2D eigenvalue weighted by Gasteiger charge is 2.10. The fraction of sp³-hybridized carbons (Fsp3) is 0.231. The van der Waals surface area contributed by atoms with Gasteiger partial charge < -0.3 is 10.3 Å². The number of pyridine rings is 1. The predicted molar refractivity (Wildman–Crippen MR) is 70.5 cm³/mol. The molecular weight excluding hydrogens is 242 g/mol. The Morgan fingerprint density at radius 1 is 1.53 bits per heavy atom. The van der Waals surface area contributed by atoms with E-state index < -0.39 is 5.56 Å². The van der Waals surface area contributed by atoms with Gasteiger partial charge in [0.1, 0.15) is 11.9 Å². The molecule has 0 saturated carbocycles. The number of hydrogen-bond acceptors (Lipinski definition) is 5. The molecule has 0 amide bonds. The van der Waals surface area contributed by atoms with E-state index in [4.69, 9.17) is 5.26 Å². The number of nitriles is 1. The molecule has 19 heavy (non-hydrogen) atoms. The first-order valence-electron chi connectivity index (χ1n) is 5.90. The first kappa shape index (κ1) is 12.8. The first-order chi connectivity index (χ1) is 9.24. The van der Waals surface area contributed by atoms with Gasteiger partial charge in [0.05, 0.1) is 0 Å². The molecule has 6 nitrogen and oxygen atoms in total. The smallest absolute Gasteiger partial charge is 0.271 e. The first-order valence-corrected chi connectivity index (χ1v) is 5.90. The van der Waals surface area contributed by atoms with Crippen LogP contribution < -0.4 is 10.9 Å². The molecule has 2 aromatic rings. The van der Waals surface area contributed by atoms with Crippen LogP contribution in [0.5, 0.6) is 0 Å². The summed E-state index contributed by atoms with van der Waals surface area (Å²) in [5.74, 6) is 0.865. The van der Waals surface area contributed by atoms with Crippen LogP contribution in [0.2, 0.25) is 0 Å². The second kappa shape index (κ2) is 5.78. The molecule has 0 aromatic carbocycles. The molecule has 0 aliphatic heterocycles. The van der Waals surface area contributed by atoms with E-state index >= 15 is 0 Å². The molecule has 0 spiro atoms. The summed E-state index contributed by atoms with van der Waals surface area (Å²) in [6.07, 6.45) is 4.00. The van der Waals surface area contributed by atoms with Crippen LogP contribution in [0.4, 0.5) is 5.82 Å². The van der Waals surface area contributed by atoms with Crippen molar-refractivity contribution in [3.63, 3.8) is 0 Å². The van der Waals surface area contributed by atoms with Gasteiger partial charge in [-0.1, -0.05) is 13.0 Å². The molecule has 0 atom stereocenters. The Morgan fingerprint density at radius 3 is 3.00 bits per heavy atom. The van der Waals surface area contributed by atoms with Crippen molar-refractivity contribution >= 4 is 5.82 Å². The number of H-pyrrole nitrogens is 1. The van der Waals surface area contributed by atoms with Gasteiger partial charge in [0.25, 0.3) is 5.56 Å². The third-order valence-electron chi connectivity index (χ3n) is 2.60. The van der Waals surface area contributed by atoms with Crippen LogP contribution >= 0.6 is 0 Å². The lowest BCUT2D eigenvalue weighted by molar-refractivity contribution is 0.909. The lowest BCUT2D eigenvalue weighted by atomic mass is 10.2. The molecule has 2 N–H and O–H groups in total. The Labute approximate surface area is 110 Å². The van der Waals surface area contributed by atoms with Gasteiger partial charge >= 0.3 is 0 Å². The number of aromatic nitrogens is 3. The molecule has 0 bridgehead atoms. The largest absolute Gasteiger partial charge is 0.365 e. The highest BCUT2D eigenvalue weighted by atomic mass is 16.1. The lowest BCUT2D eigenvalue weighted by Gasteiger charge is -2.08. The summed E-state index contributed by atoms with van der Waals surface area (Å²) < 4.78 is 0. The second-order valence-electron chi connectivity index (χ2n) is 3.92. The lowest BCUT2D eigenvalue weighted by Crippen LogP contribution is -2.18. The summed E-state index contributed by atoms with van der Waals surface area (Å²) in [5.41, 5.74) is 0.538. The Hall–Kier alpha value is -2.68. The molecule has 0 fully saturated rings. The van der Waals surface area contributed by atoms with E-state index in [9.17, 15) is 4.79 Å². The third kappa shape index (κ3) is 2.96. The Morgan fingerprint density at radius 2 is 2.37 bits per heavy atom. The average molecular weight is 255 g/mol. The number of hydrogen-bond donors (Lipinski definition) is 2. The summed E-state index contributed by atoms with van der Waals surface area (Å²) in [7, 11) is 0. The Balaban J connectivity index is 2.27. The number of anilines is 1. The molecule has 6 heteroatoms. The van der Waals surface area contributed by atoms with Gasteiger partial charge in [-0.05, 0) is 11.6 Å². The van der Waals surface area contributed by atoms with E-state index in [2.05, 4.69) is 20.3 Å². The van der Waals surface area contributed by atoms with Crippen LogP contribution in [0.25, 0.3) is 0 Å². The molecule has 0 aliphatic rings. The highest BCUT2D eigenvalue weighted by molar-refractivity contribution is 5.50.